The van der Waals surface area contributed by atoms with Crippen LogP contribution in [0.3, 0.4) is 0 Å². The van der Waals surface area contributed by atoms with Gasteiger partial charge in [0.1, 0.15) is 24.7 Å². The second kappa shape index (κ2) is 12.7. The van der Waals surface area contributed by atoms with Gasteiger partial charge in [0.2, 0.25) is 0 Å². The summed E-state index contributed by atoms with van der Waals surface area (Å²) in [5.41, 5.74) is 0.776. The number of hydrogen-bond acceptors (Lipinski definition) is 9. The Morgan fingerprint density at radius 2 is 2.12 bits per heavy atom. The Labute approximate surface area is 232 Å². The standard InChI is InChI=1S/C26H26F2N8O3S/c1-29-26(37)38-11-10-35-31-15-22(34-35)19-12-21(28)23(13-20(19)27)39-16-24-32-33-25(40-18-7-3-2-4-8-18)36(24)17-6-5-9-30-14-17/h3,5-7,9,12-15,18H,2,4,8,10-11,16H2,1H3,(H,29,37)/t18-/m0/s1. The van der Waals surface area contributed by atoms with E-state index in [9.17, 15) is 4.79 Å². The Balaban J connectivity index is 1.31. The Morgan fingerprint density at radius 1 is 1.23 bits per heavy atom. The summed E-state index contributed by atoms with van der Waals surface area (Å²) >= 11 is 1.59. The van der Waals surface area contributed by atoms with Crippen LogP contribution in [0, 0.1) is 11.6 Å². The second-order valence-electron chi connectivity index (χ2n) is 8.72. The molecule has 40 heavy (non-hydrogen) atoms. The lowest BCUT2D eigenvalue weighted by Gasteiger charge is -2.16. The number of halogens is 2. The minimum Gasteiger partial charge on any atom is -0.482 e. The third-order valence-electron chi connectivity index (χ3n) is 5.99. The molecule has 1 N–H and O–H groups in total. The highest BCUT2D eigenvalue weighted by Gasteiger charge is 2.21. The lowest BCUT2D eigenvalue weighted by Crippen LogP contribution is -2.21. The fourth-order valence-electron chi connectivity index (χ4n) is 4.03. The van der Waals surface area contributed by atoms with Crippen LogP contribution in [0.15, 0.2) is 60.2 Å². The zero-order valence-electron chi connectivity index (χ0n) is 21.5. The number of carbonyl (C=O) groups excluding carboxylic acids is 1. The molecule has 208 valence electrons. The number of nitrogens with one attached hydrogen (secondary N) is 1. The first-order valence-electron chi connectivity index (χ1n) is 12.6. The van der Waals surface area contributed by atoms with Crippen LogP contribution in [0.4, 0.5) is 13.6 Å². The van der Waals surface area contributed by atoms with Crippen LogP contribution in [0.5, 0.6) is 5.75 Å². The zero-order chi connectivity index (χ0) is 27.9. The highest BCUT2D eigenvalue weighted by atomic mass is 32.2. The molecule has 1 aliphatic rings. The van der Waals surface area contributed by atoms with Gasteiger partial charge in [0.15, 0.2) is 22.5 Å². The van der Waals surface area contributed by atoms with Crippen molar-refractivity contribution in [3.05, 3.63) is 72.5 Å². The maximum absolute atomic E-state index is 15.0. The number of benzene rings is 1. The van der Waals surface area contributed by atoms with Crippen molar-refractivity contribution < 1.29 is 23.0 Å². The molecule has 0 spiro atoms. The third-order valence-corrected chi connectivity index (χ3v) is 7.16. The summed E-state index contributed by atoms with van der Waals surface area (Å²) in [5, 5.41) is 20.0. The highest BCUT2D eigenvalue weighted by molar-refractivity contribution is 7.99. The highest BCUT2D eigenvalue weighted by Crippen LogP contribution is 2.32. The average molecular weight is 569 g/mol. The molecule has 3 aromatic heterocycles. The van der Waals surface area contributed by atoms with Crippen molar-refractivity contribution in [3.63, 3.8) is 0 Å². The van der Waals surface area contributed by atoms with Crippen LogP contribution in [0.25, 0.3) is 16.9 Å². The Hall–Kier alpha value is -4.33. The SMILES string of the molecule is CNC(=O)OCCn1ncc(-c2cc(F)c(OCc3nnc(S[C@H]4C=CCCC4)n3-c3cccnc3)cc2F)n1. The fraction of sp³-hybridized carbons (Fsp3) is 0.308. The Bertz CT molecular complexity index is 1490. The molecule has 0 saturated heterocycles. The van der Waals surface area contributed by atoms with Gasteiger partial charge in [0.05, 0.1) is 24.6 Å². The molecule has 3 heterocycles. The number of rotatable bonds is 10. The fourth-order valence-corrected chi connectivity index (χ4v) is 5.18. The summed E-state index contributed by atoms with van der Waals surface area (Å²) in [4.78, 5) is 16.6. The minimum absolute atomic E-state index is 0.0126. The number of hydrogen-bond donors (Lipinski definition) is 1. The molecule has 0 radical (unpaired) electrons. The van der Waals surface area contributed by atoms with Gasteiger partial charge in [0, 0.05) is 30.1 Å². The molecule has 0 fully saturated rings. The number of allylic oxidation sites excluding steroid dienone is 1. The van der Waals surface area contributed by atoms with E-state index in [0.717, 1.165) is 37.1 Å². The molecule has 0 bridgehead atoms. The number of aromatic nitrogens is 7. The molecule has 1 aromatic carbocycles. The monoisotopic (exact) mass is 568 g/mol. The van der Waals surface area contributed by atoms with Crippen molar-refractivity contribution in [1.82, 2.24) is 40.1 Å². The van der Waals surface area contributed by atoms with Crippen LogP contribution < -0.4 is 10.1 Å². The van der Waals surface area contributed by atoms with Gasteiger partial charge in [-0.3, -0.25) is 9.55 Å². The van der Waals surface area contributed by atoms with E-state index in [1.807, 2.05) is 10.6 Å². The number of amides is 1. The van der Waals surface area contributed by atoms with E-state index in [4.69, 9.17) is 9.47 Å². The van der Waals surface area contributed by atoms with Gasteiger partial charge in [-0.05, 0) is 37.5 Å². The third kappa shape index (κ3) is 6.45. The first kappa shape index (κ1) is 27.2. The zero-order valence-corrected chi connectivity index (χ0v) is 22.4. The van der Waals surface area contributed by atoms with Crippen molar-refractivity contribution >= 4 is 17.9 Å². The predicted molar refractivity (Wildman–Crippen MR) is 142 cm³/mol. The summed E-state index contributed by atoms with van der Waals surface area (Å²) in [7, 11) is 1.44. The smallest absolute Gasteiger partial charge is 0.406 e. The molecule has 1 amide bonds. The molecule has 0 unspecified atom stereocenters. The van der Waals surface area contributed by atoms with E-state index in [1.54, 1.807) is 30.2 Å². The van der Waals surface area contributed by atoms with Crippen LogP contribution in [0.2, 0.25) is 0 Å². The summed E-state index contributed by atoms with van der Waals surface area (Å²) < 4.78 is 42.4. The van der Waals surface area contributed by atoms with Crippen molar-refractivity contribution in [2.75, 3.05) is 13.7 Å². The van der Waals surface area contributed by atoms with E-state index in [1.165, 1.54) is 18.0 Å². The lowest BCUT2D eigenvalue weighted by atomic mass is 10.1. The molecule has 1 atom stereocenters. The lowest BCUT2D eigenvalue weighted by molar-refractivity contribution is 0.141. The quantitative estimate of drug-likeness (QED) is 0.279. The minimum atomic E-state index is -0.775. The van der Waals surface area contributed by atoms with Gasteiger partial charge in [-0.2, -0.15) is 15.0 Å². The van der Waals surface area contributed by atoms with Crippen LogP contribution >= 0.6 is 11.8 Å². The molecule has 11 nitrogen and oxygen atoms in total. The molecule has 0 saturated carbocycles. The predicted octanol–water partition coefficient (Wildman–Crippen LogP) is 4.33. The van der Waals surface area contributed by atoms with Gasteiger partial charge in [-0.1, -0.05) is 23.9 Å². The largest absolute Gasteiger partial charge is 0.482 e. The van der Waals surface area contributed by atoms with Crippen molar-refractivity contribution in [2.24, 2.45) is 0 Å². The number of ether oxygens (including phenoxy) is 2. The van der Waals surface area contributed by atoms with E-state index >= 15 is 8.78 Å². The van der Waals surface area contributed by atoms with E-state index in [-0.39, 0.29) is 42.0 Å². The molecule has 4 aromatic rings. The van der Waals surface area contributed by atoms with Gasteiger partial charge >= 0.3 is 6.09 Å². The first-order chi connectivity index (χ1) is 19.5. The topological polar surface area (TPSA) is 122 Å². The summed E-state index contributed by atoms with van der Waals surface area (Å²) in [6, 6.07) is 5.63. The molecule has 1 aliphatic carbocycles. The number of carbonyl (C=O) groups is 1. The van der Waals surface area contributed by atoms with Gasteiger partial charge in [-0.15, -0.1) is 10.2 Å². The molecule has 0 aliphatic heterocycles. The Morgan fingerprint density at radius 3 is 2.90 bits per heavy atom. The van der Waals surface area contributed by atoms with Gasteiger partial charge in [0.25, 0.3) is 0 Å². The van der Waals surface area contributed by atoms with Crippen LogP contribution in [0.1, 0.15) is 25.1 Å². The summed E-state index contributed by atoms with van der Waals surface area (Å²) in [5.74, 6) is -1.37. The molecule has 5 rings (SSSR count). The van der Waals surface area contributed by atoms with Crippen LogP contribution in [-0.4, -0.2) is 59.7 Å². The number of nitrogens with zero attached hydrogens (tertiary/aromatic N) is 7. The van der Waals surface area contributed by atoms with Gasteiger partial charge < -0.3 is 14.8 Å². The van der Waals surface area contributed by atoms with Crippen molar-refractivity contribution in [3.8, 4) is 22.7 Å². The molecular formula is C26H26F2N8O3S. The number of pyridine rings is 1. The van der Waals surface area contributed by atoms with E-state index < -0.39 is 17.7 Å². The van der Waals surface area contributed by atoms with E-state index in [2.05, 4.69) is 42.8 Å². The van der Waals surface area contributed by atoms with Crippen molar-refractivity contribution in [1.29, 1.82) is 0 Å². The summed E-state index contributed by atoms with van der Waals surface area (Å²) in [6.45, 7) is 0.00643. The maximum atomic E-state index is 15.0. The van der Waals surface area contributed by atoms with E-state index in [0.29, 0.717) is 11.0 Å². The normalized spacial score (nSPS) is 14.7. The number of thioether (sulfide) groups is 1. The molecular weight excluding hydrogens is 542 g/mol. The van der Waals surface area contributed by atoms with Gasteiger partial charge in [-0.25, -0.2) is 13.6 Å². The second-order valence-corrected chi connectivity index (χ2v) is 9.93. The Kier molecular flexibility index (Phi) is 8.64. The first-order valence-corrected chi connectivity index (χ1v) is 13.4. The molecule has 14 heteroatoms. The van der Waals surface area contributed by atoms with Crippen molar-refractivity contribution in [2.45, 2.75) is 42.8 Å². The maximum Gasteiger partial charge on any atom is 0.406 e. The van der Waals surface area contributed by atoms with Crippen LogP contribution in [-0.2, 0) is 17.9 Å². The number of alkyl carbamates (subject to hydrolysis) is 1. The average Bonchev–Trinajstić information content (AvgIpc) is 3.61. The summed E-state index contributed by atoms with van der Waals surface area (Å²) in [6.07, 6.45) is 11.6.